The number of halogens is 4. The van der Waals surface area contributed by atoms with Crippen molar-refractivity contribution in [1.82, 2.24) is 4.90 Å². The summed E-state index contributed by atoms with van der Waals surface area (Å²) in [6, 6.07) is 3.51. The molecular formula is C13H16ClF3N2. The molecule has 1 heterocycles. The van der Waals surface area contributed by atoms with Crippen LogP contribution < -0.4 is 5.32 Å². The van der Waals surface area contributed by atoms with Crippen LogP contribution in [0.1, 0.15) is 18.4 Å². The smallest absolute Gasteiger partial charge is 0.380 e. The molecule has 1 aliphatic heterocycles. The van der Waals surface area contributed by atoms with Crippen LogP contribution >= 0.6 is 11.6 Å². The predicted octanol–water partition coefficient (Wildman–Crippen LogP) is 3.86. The molecule has 1 N–H and O–H groups in total. The van der Waals surface area contributed by atoms with E-state index >= 15 is 0 Å². The SMILES string of the molecule is CN1CCCC(Nc2cc(C(F)(F)F)ccc2Cl)C1. The maximum absolute atomic E-state index is 12.7. The molecule has 0 aliphatic carbocycles. The normalized spacial score (nSPS) is 21.4. The van der Waals surface area contributed by atoms with Gasteiger partial charge in [-0.3, -0.25) is 0 Å². The van der Waals surface area contributed by atoms with Crippen LogP contribution in [-0.2, 0) is 6.18 Å². The predicted molar refractivity (Wildman–Crippen MR) is 70.6 cm³/mol. The second-order valence-electron chi connectivity index (χ2n) is 4.94. The van der Waals surface area contributed by atoms with Crippen LogP contribution in [0.15, 0.2) is 18.2 Å². The molecule has 1 fully saturated rings. The number of nitrogens with one attached hydrogen (secondary N) is 1. The molecule has 0 amide bonds. The highest BCUT2D eigenvalue weighted by atomic mass is 35.5. The monoisotopic (exact) mass is 292 g/mol. The third-order valence-electron chi connectivity index (χ3n) is 3.28. The summed E-state index contributed by atoms with van der Waals surface area (Å²) in [6.07, 6.45) is -2.37. The number of rotatable bonds is 2. The van der Waals surface area contributed by atoms with Crippen LogP contribution in [-0.4, -0.2) is 31.1 Å². The Morgan fingerprint density at radius 1 is 1.37 bits per heavy atom. The van der Waals surface area contributed by atoms with E-state index in [0.717, 1.165) is 38.1 Å². The maximum atomic E-state index is 12.7. The van der Waals surface area contributed by atoms with Crippen LogP contribution in [0.5, 0.6) is 0 Å². The van der Waals surface area contributed by atoms with E-state index in [4.69, 9.17) is 11.6 Å². The van der Waals surface area contributed by atoms with Crippen molar-refractivity contribution in [1.29, 1.82) is 0 Å². The molecule has 0 radical (unpaired) electrons. The largest absolute Gasteiger partial charge is 0.416 e. The summed E-state index contributed by atoms with van der Waals surface area (Å²) in [7, 11) is 2.00. The van der Waals surface area contributed by atoms with Crippen LogP contribution in [0.25, 0.3) is 0 Å². The van der Waals surface area contributed by atoms with Gasteiger partial charge in [0.2, 0.25) is 0 Å². The molecule has 1 unspecified atom stereocenters. The molecule has 0 spiro atoms. The van der Waals surface area contributed by atoms with Crippen LogP contribution in [0.4, 0.5) is 18.9 Å². The molecule has 106 valence electrons. The van der Waals surface area contributed by atoms with Gasteiger partial charge in [-0.2, -0.15) is 13.2 Å². The molecule has 0 aromatic heterocycles. The minimum Gasteiger partial charge on any atom is -0.380 e. The molecule has 19 heavy (non-hydrogen) atoms. The highest BCUT2D eigenvalue weighted by Crippen LogP contribution is 2.34. The molecule has 0 saturated carbocycles. The second-order valence-corrected chi connectivity index (χ2v) is 5.35. The lowest BCUT2D eigenvalue weighted by Gasteiger charge is -2.31. The number of nitrogens with zero attached hydrogens (tertiary/aromatic N) is 1. The highest BCUT2D eigenvalue weighted by Gasteiger charge is 2.31. The van der Waals surface area contributed by atoms with Crippen molar-refractivity contribution < 1.29 is 13.2 Å². The third-order valence-corrected chi connectivity index (χ3v) is 3.61. The summed E-state index contributed by atoms with van der Waals surface area (Å²) in [6.45, 7) is 1.83. The van der Waals surface area contributed by atoms with Gasteiger partial charge in [0.05, 0.1) is 16.3 Å². The van der Waals surface area contributed by atoms with Crippen molar-refractivity contribution in [2.24, 2.45) is 0 Å². The highest BCUT2D eigenvalue weighted by molar-refractivity contribution is 6.33. The first kappa shape index (κ1) is 14.5. The second kappa shape index (κ2) is 5.59. The lowest BCUT2D eigenvalue weighted by Crippen LogP contribution is -2.39. The van der Waals surface area contributed by atoms with Crippen molar-refractivity contribution in [3.63, 3.8) is 0 Å². The van der Waals surface area contributed by atoms with Gasteiger partial charge >= 0.3 is 6.18 Å². The molecule has 6 heteroatoms. The molecule has 1 saturated heterocycles. The first-order valence-corrected chi connectivity index (χ1v) is 6.56. The summed E-state index contributed by atoms with van der Waals surface area (Å²) in [5, 5.41) is 3.44. The fourth-order valence-electron chi connectivity index (χ4n) is 2.32. The number of likely N-dealkylation sites (N-methyl/N-ethyl adjacent to an activating group) is 1. The lowest BCUT2D eigenvalue weighted by atomic mass is 10.1. The van der Waals surface area contributed by atoms with Crippen molar-refractivity contribution in [3.05, 3.63) is 28.8 Å². The van der Waals surface area contributed by atoms with E-state index in [2.05, 4.69) is 10.2 Å². The molecular weight excluding hydrogens is 277 g/mol. The molecule has 1 aromatic carbocycles. The number of anilines is 1. The van der Waals surface area contributed by atoms with Gasteiger partial charge in [-0.25, -0.2) is 0 Å². The van der Waals surface area contributed by atoms with Crippen molar-refractivity contribution in [3.8, 4) is 0 Å². The van der Waals surface area contributed by atoms with E-state index in [0.29, 0.717) is 10.7 Å². The zero-order valence-electron chi connectivity index (χ0n) is 10.6. The Bertz CT molecular complexity index is 448. The minimum absolute atomic E-state index is 0.139. The van der Waals surface area contributed by atoms with Gasteiger partial charge in [0.1, 0.15) is 0 Å². The van der Waals surface area contributed by atoms with Crippen molar-refractivity contribution in [2.45, 2.75) is 25.1 Å². The Morgan fingerprint density at radius 3 is 2.74 bits per heavy atom. The van der Waals surface area contributed by atoms with E-state index in [1.54, 1.807) is 0 Å². The summed E-state index contributed by atoms with van der Waals surface area (Å²) >= 11 is 5.96. The average Bonchev–Trinajstić information content (AvgIpc) is 2.30. The van der Waals surface area contributed by atoms with Gasteiger partial charge in [-0.1, -0.05) is 11.6 Å². The van der Waals surface area contributed by atoms with Crippen LogP contribution in [0.3, 0.4) is 0 Å². The Morgan fingerprint density at radius 2 is 2.11 bits per heavy atom. The van der Waals surface area contributed by atoms with Crippen molar-refractivity contribution in [2.75, 3.05) is 25.5 Å². The van der Waals surface area contributed by atoms with E-state index in [1.165, 1.54) is 6.07 Å². The Hall–Kier alpha value is -0.940. The summed E-state index contributed by atoms with van der Waals surface area (Å²) in [5.74, 6) is 0. The zero-order chi connectivity index (χ0) is 14.0. The van der Waals surface area contributed by atoms with Gasteiger partial charge in [-0.15, -0.1) is 0 Å². The number of hydrogen-bond acceptors (Lipinski definition) is 2. The van der Waals surface area contributed by atoms with Crippen LogP contribution in [0.2, 0.25) is 5.02 Å². The number of benzene rings is 1. The van der Waals surface area contributed by atoms with Crippen molar-refractivity contribution >= 4 is 17.3 Å². The van der Waals surface area contributed by atoms with Crippen LogP contribution in [0, 0.1) is 0 Å². The average molecular weight is 293 g/mol. The molecule has 2 rings (SSSR count). The lowest BCUT2D eigenvalue weighted by molar-refractivity contribution is -0.137. The Balaban J connectivity index is 2.15. The first-order valence-electron chi connectivity index (χ1n) is 6.18. The van der Waals surface area contributed by atoms with Gasteiger partial charge in [0.25, 0.3) is 0 Å². The maximum Gasteiger partial charge on any atom is 0.416 e. The minimum atomic E-state index is -4.34. The van der Waals surface area contributed by atoms with E-state index in [1.807, 2.05) is 7.05 Å². The molecule has 1 aliphatic rings. The zero-order valence-corrected chi connectivity index (χ0v) is 11.4. The number of alkyl halides is 3. The number of hydrogen-bond donors (Lipinski definition) is 1. The third kappa shape index (κ3) is 3.76. The fraction of sp³-hybridized carbons (Fsp3) is 0.538. The summed E-state index contributed by atoms with van der Waals surface area (Å²) < 4.78 is 38.0. The molecule has 1 aromatic rings. The fourth-order valence-corrected chi connectivity index (χ4v) is 2.49. The molecule has 0 bridgehead atoms. The summed E-state index contributed by atoms with van der Waals surface area (Å²) in [4.78, 5) is 2.16. The van der Waals surface area contributed by atoms with E-state index in [-0.39, 0.29) is 6.04 Å². The number of piperidine rings is 1. The number of likely N-dealkylation sites (tertiary alicyclic amines) is 1. The first-order chi connectivity index (χ1) is 8.86. The van der Waals surface area contributed by atoms with Gasteiger partial charge in [0.15, 0.2) is 0 Å². The Labute approximate surface area is 115 Å². The van der Waals surface area contributed by atoms with Gasteiger partial charge < -0.3 is 10.2 Å². The van der Waals surface area contributed by atoms with E-state index < -0.39 is 11.7 Å². The van der Waals surface area contributed by atoms with Gasteiger partial charge in [-0.05, 0) is 44.6 Å². The molecule has 2 nitrogen and oxygen atoms in total. The van der Waals surface area contributed by atoms with Gasteiger partial charge in [0, 0.05) is 12.6 Å². The molecule has 1 atom stereocenters. The summed E-state index contributed by atoms with van der Waals surface area (Å²) in [5.41, 5.74) is -0.319. The Kier molecular flexibility index (Phi) is 4.26. The topological polar surface area (TPSA) is 15.3 Å². The quantitative estimate of drug-likeness (QED) is 0.890. The van der Waals surface area contributed by atoms with E-state index in [9.17, 15) is 13.2 Å². The standard InChI is InChI=1S/C13H16ClF3N2/c1-19-6-2-3-10(8-19)18-12-7-9(13(15,16)17)4-5-11(12)14/h4-5,7,10,18H,2-3,6,8H2,1H3.